The molecule has 1 aromatic rings. The van der Waals surface area contributed by atoms with E-state index in [1.54, 1.807) is 0 Å². The molecule has 2 atom stereocenters. The molecule has 0 bridgehead atoms. The lowest BCUT2D eigenvalue weighted by Crippen LogP contribution is -2.10. The van der Waals surface area contributed by atoms with E-state index in [1.165, 1.54) is 6.42 Å². The lowest BCUT2D eigenvalue weighted by Gasteiger charge is -2.02. The fraction of sp³-hybridized carbons (Fsp3) is 0.750. The summed E-state index contributed by atoms with van der Waals surface area (Å²) in [6.45, 7) is 2.20. The summed E-state index contributed by atoms with van der Waals surface area (Å²) >= 11 is 0. The predicted octanol–water partition coefficient (Wildman–Crippen LogP) is 1.26. The molecule has 0 saturated heterocycles. The van der Waals surface area contributed by atoms with Crippen molar-refractivity contribution in [3.63, 3.8) is 0 Å². The third kappa shape index (κ3) is 1.17. The van der Waals surface area contributed by atoms with E-state index >= 15 is 0 Å². The summed E-state index contributed by atoms with van der Waals surface area (Å²) in [5.74, 6) is 2.71. The molecule has 0 amide bonds. The third-order valence-electron chi connectivity index (χ3n) is 2.26. The Labute approximate surface area is 71.6 Å². The number of hydrogen-bond donors (Lipinski definition) is 0. The van der Waals surface area contributed by atoms with Gasteiger partial charge in [0.2, 0.25) is 5.89 Å². The zero-order valence-electron chi connectivity index (χ0n) is 7.61. The summed E-state index contributed by atoms with van der Waals surface area (Å²) in [4.78, 5) is 6.12. The topological polar surface area (TPSA) is 42.2 Å². The Morgan fingerprint density at radius 2 is 2.17 bits per heavy atom. The van der Waals surface area contributed by atoms with Crippen LogP contribution in [0, 0.1) is 5.92 Å². The van der Waals surface area contributed by atoms with Crippen LogP contribution >= 0.6 is 0 Å². The van der Waals surface area contributed by atoms with Gasteiger partial charge in [0.15, 0.2) is 0 Å². The highest BCUT2D eigenvalue weighted by Crippen LogP contribution is 2.46. The molecule has 0 radical (unpaired) electrons. The Morgan fingerprint density at radius 3 is 2.58 bits per heavy atom. The molecule has 1 saturated carbocycles. The first-order valence-electron chi connectivity index (χ1n) is 4.19. The summed E-state index contributed by atoms with van der Waals surface area (Å²) in [5.41, 5.74) is 0. The Hall–Kier alpha value is -1.06. The fourth-order valence-electron chi connectivity index (χ4n) is 1.23. The first-order chi connectivity index (χ1) is 5.68. The lowest BCUT2D eigenvalue weighted by molar-refractivity contribution is 0.376. The minimum atomic E-state index is 0.520. The second-order valence-corrected chi connectivity index (χ2v) is 3.65. The monoisotopic (exact) mass is 167 g/mol. The van der Waals surface area contributed by atoms with Gasteiger partial charge in [-0.05, 0) is 17.5 Å². The minimum Gasteiger partial charge on any atom is -0.344 e. The van der Waals surface area contributed by atoms with Crippen molar-refractivity contribution in [2.75, 3.05) is 19.0 Å². The normalized spacial score (nSPS) is 27.2. The van der Waals surface area contributed by atoms with E-state index in [0.717, 1.165) is 11.8 Å². The van der Waals surface area contributed by atoms with Gasteiger partial charge in [-0.25, -0.2) is 0 Å². The second-order valence-electron chi connectivity index (χ2n) is 3.65. The second kappa shape index (κ2) is 2.47. The van der Waals surface area contributed by atoms with Crippen molar-refractivity contribution in [2.45, 2.75) is 19.3 Å². The van der Waals surface area contributed by atoms with Gasteiger partial charge in [-0.2, -0.15) is 4.98 Å². The van der Waals surface area contributed by atoms with Gasteiger partial charge in [0.1, 0.15) is 0 Å². The van der Waals surface area contributed by atoms with Crippen molar-refractivity contribution in [1.29, 1.82) is 0 Å². The molecule has 66 valence electrons. The van der Waals surface area contributed by atoms with Crippen molar-refractivity contribution in [3.8, 4) is 0 Å². The van der Waals surface area contributed by atoms with Crippen LogP contribution in [0.3, 0.4) is 0 Å². The maximum absolute atomic E-state index is 5.12. The molecule has 2 rings (SSSR count). The van der Waals surface area contributed by atoms with Gasteiger partial charge >= 0.3 is 0 Å². The van der Waals surface area contributed by atoms with Crippen LogP contribution in [0.1, 0.15) is 25.2 Å². The zero-order chi connectivity index (χ0) is 8.72. The summed E-state index contributed by atoms with van der Waals surface area (Å²) in [7, 11) is 3.82. The average molecular weight is 167 g/mol. The SMILES string of the molecule is C[C@H]1C[C@@H]1c1nc(N(C)C)no1. The van der Waals surface area contributed by atoms with E-state index in [9.17, 15) is 0 Å². The molecule has 0 aromatic carbocycles. The smallest absolute Gasteiger partial charge is 0.265 e. The van der Waals surface area contributed by atoms with Crippen LogP contribution in [0.4, 0.5) is 5.95 Å². The van der Waals surface area contributed by atoms with Gasteiger partial charge in [0.25, 0.3) is 5.95 Å². The lowest BCUT2D eigenvalue weighted by atomic mass is 10.3. The van der Waals surface area contributed by atoms with Gasteiger partial charge in [-0.1, -0.05) is 6.92 Å². The van der Waals surface area contributed by atoms with Crippen LogP contribution in [-0.2, 0) is 0 Å². The molecule has 1 fully saturated rings. The molecule has 4 heteroatoms. The minimum absolute atomic E-state index is 0.520. The number of hydrogen-bond acceptors (Lipinski definition) is 4. The Morgan fingerprint density at radius 1 is 1.50 bits per heavy atom. The van der Waals surface area contributed by atoms with Crippen molar-refractivity contribution in [1.82, 2.24) is 10.1 Å². The highest BCUT2D eigenvalue weighted by molar-refractivity contribution is 5.25. The van der Waals surface area contributed by atoms with E-state index < -0.39 is 0 Å². The first-order valence-corrected chi connectivity index (χ1v) is 4.19. The number of anilines is 1. The Bertz CT molecular complexity index is 282. The van der Waals surface area contributed by atoms with Gasteiger partial charge in [-0.3, -0.25) is 0 Å². The van der Waals surface area contributed by atoms with Crippen molar-refractivity contribution in [3.05, 3.63) is 5.89 Å². The van der Waals surface area contributed by atoms with Crippen LogP contribution in [0.5, 0.6) is 0 Å². The first kappa shape index (κ1) is 7.58. The Kier molecular flexibility index (Phi) is 1.56. The molecule has 1 aromatic heterocycles. The number of rotatable bonds is 2. The fourth-order valence-corrected chi connectivity index (χ4v) is 1.23. The van der Waals surface area contributed by atoms with E-state index in [1.807, 2.05) is 19.0 Å². The van der Waals surface area contributed by atoms with Crippen molar-refractivity contribution in [2.24, 2.45) is 5.92 Å². The van der Waals surface area contributed by atoms with Crippen LogP contribution in [0.15, 0.2) is 4.52 Å². The van der Waals surface area contributed by atoms with Gasteiger partial charge in [-0.15, -0.1) is 0 Å². The highest BCUT2D eigenvalue weighted by atomic mass is 16.5. The summed E-state index contributed by atoms with van der Waals surface area (Å²) in [5, 5.41) is 3.85. The van der Waals surface area contributed by atoms with Gasteiger partial charge < -0.3 is 9.42 Å². The largest absolute Gasteiger partial charge is 0.344 e. The van der Waals surface area contributed by atoms with Crippen molar-refractivity contribution < 1.29 is 4.52 Å². The third-order valence-corrected chi connectivity index (χ3v) is 2.26. The average Bonchev–Trinajstić information content (AvgIpc) is 2.59. The maximum atomic E-state index is 5.12. The van der Waals surface area contributed by atoms with Gasteiger partial charge in [0, 0.05) is 20.0 Å². The number of aromatic nitrogens is 2. The molecule has 12 heavy (non-hydrogen) atoms. The number of nitrogens with zero attached hydrogens (tertiary/aromatic N) is 3. The molecule has 0 unspecified atom stereocenters. The highest BCUT2D eigenvalue weighted by Gasteiger charge is 2.38. The summed E-state index contributed by atoms with van der Waals surface area (Å²) in [6, 6.07) is 0. The Balaban J connectivity index is 2.14. The molecular weight excluding hydrogens is 154 g/mol. The van der Waals surface area contributed by atoms with E-state index in [-0.39, 0.29) is 0 Å². The van der Waals surface area contributed by atoms with E-state index in [0.29, 0.717) is 11.9 Å². The molecule has 1 heterocycles. The molecular formula is C8H13N3O. The quantitative estimate of drug-likeness (QED) is 0.665. The molecule has 0 spiro atoms. The van der Waals surface area contributed by atoms with E-state index in [2.05, 4.69) is 17.1 Å². The summed E-state index contributed by atoms with van der Waals surface area (Å²) < 4.78 is 5.12. The van der Waals surface area contributed by atoms with Crippen LogP contribution in [-0.4, -0.2) is 24.2 Å². The molecule has 4 nitrogen and oxygen atoms in total. The van der Waals surface area contributed by atoms with Crippen LogP contribution in [0.25, 0.3) is 0 Å². The maximum Gasteiger partial charge on any atom is 0.265 e. The van der Waals surface area contributed by atoms with Crippen molar-refractivity contribution >= 4 is 5.95 Å². The molecule has 0 aliphatic heterocycles. The molecule has 1 aliphatic rings. The predicted molar refractivity (Wildman–Crippen MR) is 45.1 cm³/mol. The standard InChI is InChI=1S/C8H13N3O/c1-5-4-6(5)7-9-8(10-12-7)11(2)3/h5-6H,4H2,1-3H3/t5-,6-/m0/s1. The van der Waals surface area contributed by atoms with E-state index in [4.69, 9.17) is 4.52 Å². The van der Waals surface area contributed by atoms with Gasteiger partial charge in [0.05, 0.1) is 0 Å². The van der Waals surface area contributed by atoms with Crippen LogP contribution in [0.2, 0.25) is 0 Å². The molecule has 0 N–H and O–H groups in total. The zero-order valence-corrected chi connectivity index (χ0v) is 7.61. The summed E-state index contributed by atoms with van der Waals surface area (Å²) in [6.07, 6.45) is 1.19. The molecule has 1 aliphatic carbocycles. The van der Waals surface area contributed by atoms with Crippen LogP contribution < -0.4 is 4.90 Å².